The Bertz CT molecular complexity index is 175. The minimum atomic E-state index is -0.561. The Morgan fingerprint density at radius 3 is 2.69 bits per heavy atom. The molecule has 0 aromatic rings. The second kappa shape index (κ2) is 6.66. The number of carbonyl (C=O) groups is 1. The van der Waals surface area contributed by atoms with Crippen LogP contribution in [-0.4, -0.2) is 23.8 Å². The van der Waals surface area contributed by atoms with Crippen molar-refractivity contribution >= 4 is 5.97 Å². The van der Waals surface area contributed by atoms with Gasteiger partial charge in [-0.15, -0.1) is 0 Å². The predicted molar refractivity (Wildman–Crippen MR) is 51.2 cm³/mol. The van der Waals surface area contributed by atoms with E-state index in [2.05, 4.69) is 0 Å². The Morgan fingerprint density at radius 1 is 1.62 bits per heavy atom. The quantitative estimate of drug-likeness (QED) is 0.523. The van der Waals surface area contributed by atoms with E-state index in [1.54, 1.807) is 19.1 Å². The van der Waals surface area contributed by atoms with E-state index in [1.165, 1.54) is 0 Å². The average molecular weight is 186 g/mol. The number of aliphatic hydroxyl groups is 1. The minimum Gasteiger partial charge on any atom is -0.466 e. The molecule has 0 aromatic carbocycles. The summed E-state index contributed by atoms with van der Waals surface area (Å²) in [7, 11) is 0. The zero-order valence-electron chi connectivity index (χ0n) is 8.49. The topological polar surface area (TPSA) is 46.5 Å². The second-order valence-corrected chi connectivity index (χ2v) is 3.00. The maximum absolute atomic E-state index is 11.0. The van der Waals surface area contributed by atoms with Crippen LogP contribution in [0.4, 0.5) is 0 Å². The van der Waals surface area contributed by atoms with E-state index in [1.807, 2.05) is 13.8 Å². The van der Waals surface area contributed by atoms with Crippen molar-refractivity contribution in [3.63, 3.8) is 0 Å². The third-order valence-electron chi connectivity index (χ3n) is 1.77. The van der Waals surface area contributed by atoms with Crippen molar-refractivity contribution in [2.24, 2.45) is 5.92 Å². The van der Waals surface area contributed by atoms with E-state index in [4.69, 9.17) is 4.74 Å². The smallest absolute Gasteiger partial charge is 0.306 e. The van der Waals surface area contributed by atoms with Crippen LogP contribution in [0.25, 0.3) is 0 Å². The summed E-state index contributed by atoms with van der Waals surface area (Å²) >= 11 is 0. The summed E-state index contributed by atoms with van der Waals surface area (Å²) in [5.74, 6) is -0.339. The van der Waals surface area contributed by atoms with Crippen LogP contribution in [-0.2, 0) is 9.53 Å². The standard InChI is InChI=1S/C10H18O3/c1-4-6-9(11)8(3)7-10(12)13-5-2/h4,6,8-9,11H,5,7H2,1-3H3/b6-4+. The number of hydrogen-bond acceptors (Lipinski definition) is 3. The zero-order valence-corrected chi connectivity index (χ0v) is 8.49. The van der Waals surface area contributed by atoms with Gasteiger partial charge in [-0.2, -0.15) is 0 Å². The molecule has 0 fully saturated rings. The van der Waals surface area contributed by atoms with Crippen molar-refractivity contribution in [2.75, 3.05) is 6.61 Å². The largest absolute Gasteiger partial charge is 0.466 e. The van der Waals surface area contributed by atoms with Gasteiger partial charge in [0.1, 0.15) is 0 Å². The Labute approximate surface area is 79.4 Å². The molecule has 76 valence electrons. The molecule has 0 aliphatic heterocycles. The highest BCUT2D eigenvalue weighted by Crippen LogP contribution is 2.10. The molecule has 0 radical (unpaired) electrons. The Balaban J connectivity index is 3.84. The summed E-state index contributed by atoms with van der Waals surface area (Å²) < 4.78 is 4.77. The lowest BCUT2D eigenvalue weighted by Crippen LogP contribution is -2.19. The number of rotatable bonds is 5. The first-order chi connectivity index (χ1) is 6.11. The molecule has 0 bridgehead atoms. The fourth-order valence-electron chi connectivity index (χ4n) is 0.990. The molecule has 0 aliphatic rings. The molecule has 0 spiro atoms. The van der Waals surface area contributed by atoms with Gasteiger partial charge in [-0.25, -0.2) is 0 Å². The van der Waals surface area contributed by atoms with E-state index in [0.29, 0.717) is 6.61 Å². The van der Waals surface area contributed by atoms with E-state index < -0.39 is 6.10 Å². The molecule has 0 rings (SSSR count). The Morgan fingerprint density at radius 2 is 2.23 bits per heavy atom. The van der Waals surface area contributed by atoms with E-state index in [-0.39, 0.29) is 18.3 Å². The van der Waals surface area contributed by atoms with Gasteiger partial charge in [0.25, 0.3) is 0 Å². The molecule has 0 heterocycles. The average Bonchev–Trinajstić information content (AvgIpc) is 2.05. The molecule has 0 aliphatic carbocycles. The van der Waals surface area contributed by atoms with Crippen LogP contribution < -0.4 is 0 Å². The maximum Gasteiger partial charge on any atom is 0.306 e. The van der Waals surface area contributed by atoms with Crippen LogP contribution in [0.2, 0.25) is 0 Å². The fraction of sp³-hybridized carbons (Fsp3) is 0.700. The van der Waals surface area contributed by atoms with Crippen LogP contribution in [0.5, 0.6) is 0 Å². The van der Waals surface area contributed by atoms with Gasteiger partial charge in [0.15, 0.2) is 0 Å². The number of aliphatic hydroxyl groups excluding tert-OH is 1. The normalized spacial score (nSPS) is 15.7. The van der Waals surface area contributed by atoms with E-state index in [0.717, 1.165) is 0 Å². The van der Waals surface area contributed by atoms with Gasteiger partial charge in [0, 0.05) is 0 Å². The summed E-state index contributed by atoms with van der Waals surface area (Å²) in [5.41, 5.74) is 0. The molecular weight excluding hydrogens is 168 g/mol. The Hall–Kier alpha value is -0.830. The van der Waals surface area contributed by atoms with Gasteiger partial charge in [0.05, 0.1) is 19.1 Å². The van der Waals surface area contributed by atoms with Gasteiger partial charge in [-0.1, -0.05) is 19.1 Å². The molecule has 1 N–H and O–H groups in total. The summed E-state index contributed by atoms with van der Waals surface area (Å²) in [4.78, 5) is 11.0. The number of carbonyl (C=O) groups excluding carboxylic acids is 1. The van der Waals surface area contributed by atoms with Crippen molar-refractivity contribution in [3.8, 4) is 0 Å². The Kier molecular flexibility index (Phi) is 6.24. The summed E-state index contributed by atoms with van der Waals surface area (Å²) in [6.07, 6.45) is 3.14. The SMILES string of the molecule is C/C=C/C(O)C(C)CC(=O)OCC. The molecule has 2 atom stereocenters. The fourth-order valence-corrected chi connectivity index (χ4v) is 0.990. The van der Waals surface area contributed by atoms with Gasteiger partial charge in [0.2, 0.25) is 0 Å². The summed E-state index contributed by atoms with van der Waals surface area (Å²) in [5, 5.41) is 9.44. The molecule has 0 amide bonds. The van der Waals surface area contributed by atoms with Crippen LogP contribution in [0.3, 0.4) is 0 Å². The maximum atomic E-state index is 11.0. The number of ether oxygens (including phenoxy) is 1. The third kappa shape index (κ3) is 5.42. The molecule has 0 saturated heterocycles. The second-order valence-electron chi connectivity index (χ2n) is 3.00. The molecule has 3 nitrogen and oxygen atoms in total. The van der Waals surface area contributed by atoms with Crippen LogP contribution in [0, 0.1) is 5.92 Å². The van der Waals surface area contributed by atoms with Crippen LogP contribution in [0.1, 0.15) is 27.2 Å². The lowest BCUT2D eigenvalue weighted by molar-refractivity contribution is -0.144. The van der Waals surface area contributed by atoms with Gasteiger partial charge >= 0.3 is 5.97 Å². The molecule has 3 heteroatoms. The first kappa shape index (κ1) is 12.2. The van der Waals surface area contributed by atoms with Gasteiger partial charge < -0.3 is 9.84 Å². The molecule has 0 aromatic heterocycles. The van der Waals surface area contributed by atoms with Crippen molar-refractivity contribution in [3.05, 3.63) is 12.2 Å². The highest BCUT2D eigenvalue weighted by atomic mass is 16.5. The number of hydrogen-bond donors (Lipinski definition) is 1. The molecular formula is C10H18O3. The van der Waals surface area contributed by atoms with Crippen LogP contribution >= 0.6 is 0 Å². The zero-order chi connectivity index (χ0) is 10.3. The van der Waals surface area contributed by atoms with Crippen molar-refractivity contribution in [2.45, 2.75) is 33.3 Å². The highest BCUT2D eigenvalue weighted by molar-refractivity contribution is 5.69. The number of allylic oxidation sites excluding steroid dienone is 1. The minimum absolute atomic E-state index is 0.0877. The van der Waals surface area contributed by atoms with Crippen molar-refractivity contribution < 1.29 is 14.6 Å². The molecule has 0 saturated carbocycles. The number of esters is 1. The summed E-state index contributed by atoms with van der Waals surface area (Å²) in [6.45, 7) is 5.82. The van der Waals surface area contributed by atoms with Crippen molar-refractivity contribution in [1.29, 1.82) is 0 Å². The summed E-state index contributed by atoms with van der Waals surface area (Å²) in [6, 6.07) is 0. The van der Waals surface area contributed by atoms with Crippen molar-refractivity contribution in [1.82, 2.24) is 0 Å². The van der Waals surface area contributed by atoms with Gasteiger partial charge in [-0.05, 0) is 19.8 Å². The predicted octanol–water partition coefficient (Wildman–Crippen LogP) is 1.51. The monoisotopic (exact) mass is 186 g/mol. The lowest BCUT2D eigenvalue weighted by atomic mass is 10.0. The van der Waals surface area contributed by atoms with Gasteiger partial charge in [-0.3, -0.25) is 4.79 Å². The van der Waals surface area contributed by atoms with E-state index >= 15 is 0 Å². The molecule has 13 heavy (non-hydrogen) atoms. The first-order valence-electron chi connectivity index (χ1n) is 4.58. The highest BCUT2D eigenvalue weighted by Gasteiger charge is 2.15. The third-order valence-corrected chi connectivity index (χ3v) is 1.77. The lowest BCUT2D eigenvalue weighted by Gasteiger charge is -2.13. The van der Waals surface area contributed by atoms with E-state index in [9.17, 15) is 9.90 Å². The molecule has 2 unspecified atom stereocenters. The first-order valence-corrected chi connectivity index (χ1v) is 4.58. The van der Waals surface area contributed by atoms with Crippen LogP contribution in [0.15, 0.2) is 12.2 Å².